The molecule has 3 aromatic carbocycles. The second kappa shape index (κ2) is 8.94. The van der Waals surface area contributed by atoms with Gasteiger partial charge in [-0.1, -0.05) is 56.3 Å². The molecule has 2 unspecified atom stereocenters. The number of aromatic nitrogens is 1. The summed E-state index contributed by atoms with van der Waals surface area (Å²) in [5, 5.41) is 2.59. The average Bonchev–Trinajstić information content (AvgIpc) is 3.25. The summed E-state index contributed by atoms with van der Waals surface area (Å²) in [5.74, 6) is 0.305. The topological polar surface area (TPSA) is 59.5 Å². The zero-order valence-corrected chi connectivity index (χ0v) is 19.6. The van der Waals surface area contributed by atoms with Crippen molar-refractivity contribution in [2.45, 2.75) is 20.3 Å². The third-order valence-electron chi connectivity index (χ3n) is 6.20. The molecule has 2 atom stereocenters. The molecule has 4 aromatic rings. The standard InChI is InChI=1S/C27H26N2O3S/c1-17-13-18(2)15-29(14-17)24(30)16-32-27(31)21-10-6-8-19-7-5-9-20(25(19)21)26-28-22-11-3-4-12-23(22)33-26/h3-12,17-18H,13-16H2,1-2H3. The molecule has 1 amide bonds. The molecule has 1 saturated heterocycles. The van der Waals surface area contributed by atoms with Gasteiger partial charge in [0.1, 0.15) is 5.01 Å². The van der Waals surface area contributed by atoms with Crippen LogP contribution in [0.25, 0.3) is 31.6 Å². The van der Waals surface area contributed by atoms with E-state index in [4.69, 9.17) is 9.72 Å². The first kappa shape index (κ1) is 21.6. The number of hydrogen-bond acceptors (Lipinski definition) is 5. The average molecular weight is 459 g/mol. The highest BCUT2D eigenvalue weighted by Crippen LogP contribution is 2.36. The Bertz CT molecular complexity index is 1300. The second-order valence-corrected chi connectivity index (χ2v) is 10.0. The highest BCUT2D eigenvalue weighted by molar-refractivity contribution is 7.21. The first-order chi connectivity index (χ1) is 16.0. The van der Waals surface area contributed by atoms with Gasteiger partial charge in [0, 0.05) is 24.0 Å². The maximum atomic E-state index is 13.1. The lowest BCUT2D eigenvalue weighted by molar-refractivity contribution is -0.137. The van der Waals surface area contributed by atoms with Crippen LogP contribution in [0.15, 0.2) is 60.7 Å². The van der Waals surface area contributed by atoms with Crippen molar-refractivity contribution in [2.75, 3.05) is 19.7 Å². The fourth-order valence-electron chi connectivity index (χ4n) is 4.84. The lowest BCUT2D eigenvalue weighted by Crippen LogP contribution is -2.44. The van der Waals surface area contributed by atoms with Crippen LogP contribution >= 0.6 is 11.3 Å². The molecule has 1 aromatic heterocycles. The number of nitrogens with zero attached hydrogens (tertiary/aromatic N) is 2. The summed E-state index contributed by atoms with van der Waals surface area (Å²) >= 11 is 1.60. The van der Waals surface area contributed by atoms with E-state index in [0.29, 0.717) is 17.4 Å². The molecule has 33 heavy (non-hydrogen) atoms. The number of rotatable bonds is 4. The quantitative estimate of drug-likeness (QED) is 0.364. The minimum atomic E-state index is -0.486. The number of carbonyl (C=O) groups excluding carboxylic acids is 2. The molecule has 1 aliphatic rings. The van der Waals surface area contributed by atoms with Crippen molar-refractivity contribution in [3.05, 3.63) is 66.2 Å². The van der Waals surface area contributed by atoms with Crippen LogP contribution in [0.3, 0.4) is 0 Å². The molecule has 5 rings (SSSR count). The maximum absolute atomic E-state index is 13.1. The van der Waals surface area contributed by atoms with Crippen molar-refractivity contribution in [3.8, 4) is 10.6 Å². The van der Waals surface area contributed by atoms with Crippen molar-refractivity contribution in [2.24, 2.45) is 11.8 Å². The summed E-state index contributed by atoms with van der Waals surface area (Å²) in [4.78, 5) is 32.4. The highest BCUT2D eigenvalue weighted by atomic mass is 32.1. The number of hydrogen-bond donors (Lipinski definition) is 0. The maximum Gasteiger partial charge on any atom is 0.339 e. The zero-order chi connectivity index (χ0) is 22.9. The van der Waals surface area contributed by atoms with Gasteiger partial charge in [-0.15, -0.1) is 11.3 Å². The Kier molecular flexibility index (Phi) is 5.85. The lowest BCUT2D eigenvalue weighted by atomic mass is 9.92. The van der Waals surface area contributed by atoms with Crippen molar-refractivity contribution in [3.63, 3.8) is 0 Å². The number of likely N-dealkylation sites (tertiary alicyclic amines) is 1. The molecule has 1 fully saturated rings. The van der Waals surface area contributed by atoms with E-state index >= 15 is 0 Å². The molecule has 0 radical (unpaired) electrons. The first-order valence-corrected chi connectivity index (χ1v) is 12.1. The van der Waals surface area contributed by atoms with E-state index in [1.165, 1.54) is 0 Å². The minimum absolute atomic E-state index is 0.131. The Morgan fingerprint density at radius 2 is 1.73 bits per heavy atom. The number of thiazole rings is 1. The third kappa shape index (κ3) is 4.35. The Labute approximate surface area is 197 Å². The van der Waals surface area contributed by atoms with Crippen LogP contribution in [-0.4, -0.2) is 41.5 Å². The van der Waals surface area contributed by atoms with Crippen LogP contribution in [0, 0.1) is 11.8 Å². The monoisotopic (exact) mass is 458 g/mol. The molecule has 0 bridgehead atoms. The van der Waals surface area contributed by atoms with E-state index in [2.05, 4.69) is 13.8 Å². The molecular formula is C27H26N2O3S. The van der Waals surface area contributed by atoms with E-state index in [-0.39, 0.29) is 12.5 Å². The molecule has 0 spiro atoms. The second-order valence-electron chi connectivity index (χ2n) is 9.02. The third-order valence-corrected chi connectivity index (χ3v) is 7.27. The zero-order valence-electron chi connectivity index (χ0n) is 18.8. The molecular weight excluding hydrogens is 432 g/mol. The van der Waals surface area contributed by atoms with Gasteiger partial charge in [-0.25, -0.2) is 9.78 Å². The Morgan fingerprint density at radius 1 is 1.00 bits per heavy atom. The van der Waals surface area contributed by atoms with Gasteiger partial charge in [0.2, 0.25) is 0 Å². The normalized spacial score (nSPS) is 18.5. The Hall–Kier alpha value is -3.25. The van der Waals surface area contributed by atoms with Crippen molar-refractivity contribution < 1.29 is 14.3 Å². The Morgan fingerprint density at radius 3 is 2.48 bits per heavy atom. The number of ether oxygens (including phenoxy) is 1. The van der Waals surface area contributed by atoms with Crippen LogP contribution in [0.2, 0.25) is 0 Å². The van der Waals surface area contributed by atoms with E-state index < -0.39 is 5.97 Å². The molecule has 0 saturated carbocycles. The number of amides is 1. The Balaban J connectivity index is 1.43. The van der Waals surface area contributed by atoms with Gasteiger partial charge in [0.25, 0.3) is 5.91 Å². The van der Waals surface area contributed by atoms with Crippen LogP contribution < -0.4 is 0 Å². The van der Waals surface area contributed by atoms with Crippen molar-refractivity contribution in [1.82, 2.24) is 9.88 Å². The summed E-state index contributed by atoms with van der Waals surface area (Å²) in [7, 11) is 0. The number of carbonyl (C=O) groups is 2. The van der Waals surface area contributed by atoms with Gasteiger partial charge in [0.05, 0.1) is 15.8 Å². The number of piperidine rings is 1. The lowest BCUT2D eigenvalue weighted by Gasteiger charge is -2.34. The van der Waals surface area contributed by atoms with Crippen LogP contribution in [0.4, 0.5) is 0 Å². The van der Waals surface area contributed by atoms with E-state index in [9.17, 15) is 9.59 Å². The molecule has 1 aliphatic heterocycles. The summed E-state index contributed by atoms with van der Waals surface area (Å²) < 4.78 is 6.62. The predicted molar refractivity (Wildman–Crippen MR) is 132 cm³/mol. The summed E-state index contributed by atoms with van der Waals surface area (Å²) in [6.45, 7) is 5.51. The summed E-state index contributed by atoms with van der Waals surface area (Å²) in [6.07, 6.45) is 1.12. The number of fused-ring (bicyclic) bond motifs is 2. The molecule has 0 aliphatic carbocycles. The van der Waals surface area contributed by atoms with Gasteiger partial charge in [-0.05, 0) is 41.8 Å². The first-order valence-electron chi connectivity index (χ1n) is 11.3. The highest BCUT2D eigenvalue weighted by Gasteiger charge is 2.26. The van der Waals surface area contributed by atoms with E-state index in [1.54, 1.807) is 17.4 Å². The fourth-order valence-corrected chi connectivity index (χ4v) is 5.84. The van der Waals surface area contributed by atoms with Crippen LogP contribution in [0.5, 0.6) is 0 Å². The SMILES string of the molecule is CC1CC(C)CN(C(=O)COC(=O)c2cccc3cccc(-c4nc5ccccc5s4)c23)C1. The molecule has 6 heteroatoms. The largest absolute Gasteiger partial charge is 0.452 e. The van der Waals surface area contributed by atoms with Crippen molar-refractivity contribution in [1.29, 1.82) is 0 Å². The van der Waals surface area contributed by atoms with Gasteiger partial charge in [-0.2, -0.15) is 0 Å². The summed E-state index contributed by atoms with van der Waals surface area (Å²) in [6, 6.07) is 19.5. The molecule has 0 N–H and O–H groups in total. The van der Waals surface area contributed by atoms with Gasteiger partial charge in [0.15, 0.2) is 6.61 Å². The fraction of sp³-hybridized carbons (Fsp3) is 0.296. The van der Waals surface area contributed by atoms with Crippen LogP contribution in [0.1, 0.15) is 30.6 Å². The number of benzene rings is 3. The smallest absolute Gasteiger partial charge is 0.339 e. The van der Waals surface area contributed by atoms with E-state index in [0.717, 1.165) is 51.1 Å². The number of esters is 1. The molecule has 168 valence electrons. The molecule has 2 heterocycles. The van der Waals surface area contributed by atoms with Crippen LogP contribution in [-0.2, 0) is 9.53 Å². The van der Waals surface area contributed by atoms with Gasteiger partial charge < -0.3 is 9.64 Å². The molecule has 5 nitrogen and oxygen atoms in total. The predicted octanol–water partition coefficient (Wildman–Crippen LogP) is 5.78. The van der Waals surface area contributed by atoms with Crippen molar-refractivity contribution >= 4 is 44.2 Å². The minimum Gasteiger partial charge on any atom is -0.452 e. The summed E-state index contributed by atoms with van der Waals surface area (Å²) in [5.41, 5.74) is 2.28. The number of para-hydroxylation sites is 1. The van der Waals surface area contributed by atoms with E-state index in [1.807, 2.05) is 59.5 Å². The van der Waals surface area contributed by atoms with Gasteiger partial charge >= 0.3 is 5.97 Å². The van der Waals surface area contributed by atoms with Gasteiger partial charge in [-0.3, -0.25) is 4.79 Å².